The summed E-state index contributed by atoms with van der Waals surface area (Å²) in [7, 11) is 0. The molecule has 1 aliphatic rings. The predicted molar refractivity (Wildman–Crippen MR) is 55.9 cm³/mol. The first-order chi connectivity index (χ1) is 6.38. The average molecular weight is 174 g/mol. The molecule has 1 heterocycles. The van der Waals surface area contributed by atoms with Gasteiger partial charge in [-0.2, -0.15) is 0 Å². The highest BCUT2D eigenvalue weighted by Crippen LogP contribution is 2.23. The van der Waals surface area contributed by atoms with Crippen LogP contribution in [0.15, 0.2) is 24.3 Å². The lowest BCUT2D eigenvalue weighted by Crippen LogP contribution is -2.37. The molecule has 1 radical (unpaired) electrons. The van der Waals surface area contributed by atoms with E-state index in [1.807, 2.05) is 12.1 Å². The maximum atomic E-state index is 3.06. The topological polar surface area (TPSA) is 3.24 Å². The summed E-state index contributed by atoms with van der Waals surface area (Å²) in [5.41, 5.74) is 1.35. The average Bonchev–Trinajstić information content (AvgIpc) is 2.20. The summed E-state index contributed by atoms with van der Waals surface area (Å²) in [6.07, 6.45) is 4.05. The van der Waals surface area contributed by atoms with Crippen LogP contribution < -0.4 is 4.90 Å². The number of benzene rings is 1. The molecule has 1 nitrogen and oxygen atoms in total. The van der Waals surface area contributed by atoms with Gasteiger partial charge in [0.1, 0.15) is 0 Å². The Morgan fingerprint density at radius 2 is 2.08 bits per heavy atom. The van der Waals surface area contributed by atoms with Crippen molar-refractivity contribution in [3.63, 3.8) is 0 Å². The van der Waals surface area contributed by atoms with Gasteiger partial charge in [-0.25, -0.2) is 0 Å². The Morgan fingerprint density at radius 1 is 1.31 bits per heavy atom. The third kappa shape index (κ3) is 1.85. The molecule has 13 heavy (non-hydrogen) atoms. The van der Waals surface area contributed by atoms with E-state index in [4.69, 9.17) is 0 Å². The van der Waals surface area contributed by atoms with Crippen molar-refractivity contribution in [1.82, 2.24) is 0 Å². The van der Waals surface area contributed by atoms with Gasteiger partial charge in [-0.3, -0.25) is 0 Å². The van der Waals surface area contributed by atoms with E-state index in [1.165, 1.54) is 31.5 Å². The van der Waals surface area contributed by atoms with Crippen molar-refractivity contribution in [3.05, 3.63) is 30.3 Å². The first kappa shape index (κ1) is 8.61. The second kappa shape index (κ2) is 3.82. The van der Waals surface area contributed by atoms with E-state index in [-0.39, 0.29) is 0 Å². The fourth-order valence-corrected chi connectivity index (χ4v) is 2.05. The van der Waals surface area contributed by atoms with E-state index in [1.54, 1.807) is 0 Å². The second-order valence-electron chi connectivity index (χ2n) is 3.80. The summed E-state index contributed by atoms with van der Waals surface area (Å²) in [6.45, 7) is 3.53. The number of nitrogens with zero attached hydrogens (tertiary/aromatic N) is 1. The highest BCUT2D eigenvalue weighted by molar-refractivity contribution is 5.46. The van der Waals surface area contributed by atoms with E-state index >= 15 is 0 Å². The Morgan fingerprint density at radius 3 is 2.77 bits per heavy atom. The molecule has 0 aliphatic carbocycles. The summed E-state index contributed by atoms with van der Waals surface area (Å²) in [5.74, 6) is 0. The molecule has 1 fully saturated rings. The highest BCUT2D eigenvalue weighted by Gasteiger charge is 2.17. The van der Waals surface area contributed by atoms with Crippen LogP contribution in [0.25, 0.3) is 0 Å². The predicted octanol–water partition coefficient (Wildman–Crippen LogP) is 2.87. The van der Waals surface area contributed by atoms with Crippen molar-refractivity contribution in [2.45, 2.75) is 32.2 Å². The summed E-state index contributed by atoms with van der Waals surface area (Å²) >= 11 is 0. The molecule has 0 spiro atoms. The van der Waals surface area contributed by atoms with E-state index in [2.05, 4.69) is 30.0 Å². The molecule has 1 aromatic carbocycles. The fraction of sp³-hybridized carbons (Fsp3) is 0.500. The maximum Gasteiger partial charge on any atom is 0.0369 e. The van der Waals surface area contributed by atoms with Gasteiger partial charge in [0.05, 0.1) is 0 Å². The Hall–Kier alpha value is -0.980. The summed E-state index contributed by atoms with van der Waals surface area (Å²) in [6, 6.07) is 12.1. The lowest BCUT2D eigenvalue weighted by molar-refractivity contribution is 0.485. The first-order valence-electron chi connectivity index (χ1n) is 5.10. The SMILES string of the molecule is C[C@H]1CCCCN1c1cc[c]cc1. The van der Waals surface area contributed by atoms with Crippen LogP contribution in [0.5, 0.6) is 0 Å². The normalized spacial score (nSPS) is 23.2. The van der Waals surface area contributed by atoms with Gasteiger partial charge in [-0.05, 0) is 44.4 Å². The van der Waals surface area contributed by atoms with Crippen LogP contribution in [0, 0.1) is 6.07 Å². The minimum absolute atomic E-state index is 0.705. The maximum absolute atomic E-state index is 3.06. The smallest absolute Gasteiger partial charge is 0.0369 e. The van der Waals surface area contributed by atoms with Crippen LogP contribution in [0.1, 0.15) is 26.2 Å². The minimum atomic E-state index is 0.705. The van der Waals surface area contributed by atoms with E-state index in [0.29, 0.717) is 6.04 Å². The van der Waals surface area contributed by atoms with Gasteiger partial charge in [0, 0.05) is 18.3 Å². The zero-order valence-electron chi connectivity index (χ0n) is 8.16. The van der Waals surface area contributed by atoms with Crippen LogP contribution in [0.4, 0.5) is 5.69 Å². The van der Waals surface area contributed by atoms with E-state index in [9.17, 15) is 0 Å². The Labute approximate surface area is 80.4 Å². The summed E-state index contributed by atoms with van der Waals surface area (Å²) < 4.78 is 0. The molecule has 1 aliphatic heterocycles. The van der Waals surface area contributed by atoms with E-state index in [0.717, 1.165) is 0 Å². The minimum Gasteiger partial charge on any atom is -0.369 e. The van der Waals surface area contributed by atoms with Crippen LogP contribution >= 0.6 is 0 Å². The van der Waals surface area contributed by atoms with Crippen molar-refractivity contribution in [1.29, 1.82) is 0 Å². The summed E-state index contributed by atoms with van der Waals surface area (Å²) in [4.78, 5) is 2.50. The molecule has 0 aromatic heterocycles. The highest BCUT2D eigenvalue weighted by atomic mass is 15.2. The number of rotatable bonds is 1. The molecular formula is C12H16N. The molecule has 0 amide bonds. The lowest BCUT2D eigenvalue weighted by atomic mass is 10.0. The van der Waals surface area contributed by atoms with Crippen molar-refractivity contribution in [3.8, 4) is 0 Å². The van der Waals surface area contributed by atoms with Gasteiger partial charge in [-0.15, -0.1) is 0 Å². The Balaban J connectivity index is 2.15. The number of anilines is 1. The van der Waals surface area contributed by atoms with Crippen LogP contribution in [0.2, 0.25) is 0 Å². The molecule has 1 heteroatoms. The third-order valence-electron chi connectivity index (χ3n) is 2.84. The van der Waals surface area contributed by atoms with Crippen molar-refractivity contribution < 1.29 is 0 Å². The van der Waals surface area contributed by atoms with Gasteiger partial charge in [0.25, 0.3) is 0 Å². The number of hydrogen-bond donors (Lipinski definition) is 0. The second-order valence-corrected chi connectivity index (χ2v) is 3.80. The monoisotopic (exact) mass is 174 g/mol. The zero-order valence-corrected chi connectivity index (χ0v) is 8.16. The lowest BCUT2D eigenvalue weighted by Gasteiger charge is -2.35. The molecule has 0 N–H and O–H groups in total. The largest absolute Gasteiger partial charge is 0.369 e. The molecule has 0 saturated carbocycles. The first-order valence-corrected chi connectivity index (χ1v) is 5.10. The van der Waals surface area contributed by atoms with Crippen LogP contribution in [-0.2, 0) is 0 Å². The Kier molecular flexibility index (Phi) is 2.53. The Bertz CT molecular complexity index is 255. The molecular weight excluding hydrogens is 158 g/mol. The molecule has 0 bridgehead atoms. The molecule has 69 valence electrons. The van der Waals surface area contributed by atoms with Crippen molar-refractivity contribution in [2.24, 2.45) is 0 Å². The third-order valence-corrected chi connectivity index (χ3v) is 2.84. The molecule has 0 unspecified atom stereocenters. The molecule has 1 atom stereocenters. The van der Waals surface area contributed by atoms with Gasteiger partial charge in [0.2, 0.25) is 0 Å². The van der Waals surface area contributed by atoms with Gasteiger partial charge < -0.3 is 4.90 Å². The van der Waals surface area contributed by atoms with Gasteiger partial charge >= 0.3 is 0 Å². The molecule has 1 aromatic rings. The molecule has 2 rings (SSSR count). The quantitative estimate of drug-likeness (QED) is 0.632. The summed E-state index contributed by atoms with van der Waals surface area (Å²) in [5, 5.41) is 0. The van der Waals surface area contributed by atoms with Crippen molar-refractivity contribution in [2.75, 3.05) is 11.4 Å². The fourth-order valence-electron chi connectivity index (χ4n) is 2.05. The van der Waals surface area contributed by atoms with Crippen molar-refractivity contribution >= 4 is 5.69 Å². The van der Waals surface area contributed by atoms with Gasteiger partial charge in [0.15, 0.2) is 0 Å². The van der Waals surface area contributed by atoms with Crippen LogP contribution in [0.3, 0.4) is 0 Å². The number of hydrogen-bond acceptors (Lipinski definition) is 1. The molecule has 1 saturated heterocycles. The number of piperidine rings is 1. The van der Waals surface area contributed by atoms with E-state index < -0.39 is 0 Å². The standard InChI is InChI=1S/C12H16N/c1-11-7-5-6-10-13(11)12-8-3-2-4-9-12/h3-4,8-9,11H,5-7,10H2,1H3/t11-/m0/s1. The zero-order chi connectivity index (χ0) is 9.10. The van der Waals surface area contributed by atoms with Gasteiger partial charge in [-0.1, -0.05) is 12.1 Å². The van der Waals surface area contributed by atoms with Crippen LogP contribution in [-0.4, -0.2) is 12.6 Å².